The van der Waals surface area contributed by atoms with Crippen molar-refractivity contribution >= 4 is 22.0 Å². The van der Waals surface area contributed by atoms with Crippen LogP contribution in [0.4, 0.5) is 0 Å². The third-order valence-corrected chi connectivity index (χ3v) is 6.13. The molecule has 2 aliphatic rings. The number of nitrogens with zero attached hydrogens (tertiary/aromatic N) is 2. The summed E-state index contributed by atoms with van der Waals surface area (Å²) in [6, 6.07) is 9.35. The predicted molar refractivity (Wildman–Crippen MR) is 89.8 cm³/mol. The molecule has 124 valence electrons. The van der Waals surface area contributed by atoms with Crippen LogP contribution in [-0.4, -0.2) is 49.7 Å². The van der Waals surface area contributed by atoms with E-state index in [1.807, 2.05) is 30.3 Å². The number of amides is 1. The first-order valence-electron chi connectivity index (χ1n) is 7.99. The zero-order valence-corrected chi connectivity index (χ0v) is 14.1. The molecular weight excluding hydrogens is 312 g/mol. The Morgan fingerprint density at radius 1 is 1.13 bits per heavy atom. The topological polar surface area (TPSA) is 57.7 Å². The number of sulfonamides is 1. The number of hydrogen-bond acceptors (Lipinski definition) is 3. The van der Waals surface area contributed by atoms with E-state index in [9.17, 15) is 13.2 Å². The quantitative estimate of drug-likeness (QED) is 0.843. The summed E-state index contributed by atoms with van der Waals surface area (Å²) in [5.74, 6) is 0.837. The fourth-order valence-electron chi connectivity index (χ4n) is 2.88. The van der Waals surface area contributed by atoms with Crippen LogP contribution in [0.3, 0.4) is 0 Å². The molecule has 0 unspecified atom stereocenters. The molecule has 1 heterocycles. The third kappa shape index (κ3) is 3.82. The SMILES string of the molecule is C[C@H]1C[C@@H]1C(=O)N1CCN(S(=O)(=O)/C=C/c2ccccc2)CC1. The van der Waals surface area contributed by atoms with E-state index in [-0.39, 0.29) is 11.8 Å². The molecule has 1 saturated carbocycles. The van der Waals surface area contributed by atoms with E-state index < -0.39 is 10.0 Å². The fourth-order valence-corrected chi connectivity index (χ4v) is 4.05. The summed E-state index contributed by atoms with van der Waals surface area (Å²) < 4.78 is 26.2. The van der Waals surface area contributed by atoms with Gasteiger partial charge in [-0.2, -0.15) is 4.31 Å². The van der Waals surface area contributed by atoms with Gasteiger partial charge in [-0.25, -0.2) is 8.42 Å². The Morgan fingerprint density at radius 3 is 2.30 bits per heavy atom. The zero-order valence-electron chi connectivity index (χ0n) is 13.3. The molecule has 0 bridgehead atoms. The number of rotatable bonds is 4. The molecule has 3 rings (SSSR count). The van der Waals surface area contributed by atoms with Crippen molar-refractivity contribution in [2.75, 3.05) is 26.2 Å². The number of carbonyl (C=O) groups excluding carboxylic acids is 1. The van der Waals surface area contributed by atoms with Crippen LogP contribution < -0.4 is 0 Å². The van der Waals surface area contributed by atoms with Gasteiger partial charge in [-0.1, -0.05) is 37.3 Å². The highest BCUT2D eigenvalue weighted by Crippen LogP contribution is 2.39. The van der Waals surface area contributed by atoms with Crippen molar-refractivity contribution in [2.24, 2.45) is 11.8 Å². The number of piperazine rings is 1. The second kappa shape index (κ2) is 6.45. The largest absolute Gasteiger partial charge is 0.340 e. The molecular formula is C17H22N2O3S. The maximum absolute atomic E-state index is 12.4. The zero-order chi connectivity index (χ0) is 16.4. The molecule has 1 aromatic carbocycles. The van der Waals surface area contributed by atoms with Gasteiger partial charge < -0.3 is 4.90 Å². The maximum Gasteiger partial charge on any atom is 0.236 e. The summed E-state index contributed by atoms with van der Waals surface area (Å²) in [7, 11) is -3.43. The summed E-state index contributed by atoms with van der Waals surface area (Å²) in [4.78, 5) is 14.0. The lowest BCUT2D eigenvalue weighted by Gasteiger charge is -2.33. The van der Waals surface area contributed by atoms with Crippen LogP contribution in [0, 0.1) is 11.8 Å². The van der Waals surface area contributed by atoms with Crippen LogP contribution in [0.5, 0.6) is 0 Å². The lowest BCUT2D eigenvalue weighted by molar-refractivity contribution is -0.134. The molecule has 2 atom stereocenters. The van der Waals surface area contributed by atoms with Gasteiger partial charge in [0, 0.05) is 37.5 Å². The molecule has 1 aromatic rings. The van der Waals surface area contributed by atoms with Crippen LogP contribution in [0.2, 0.25) is 0 Å². The van der Waals surface area contributed by atoms with Gasteiger partial charge in [-0.05, 0) is 24.0 Å². The second-order valence-corrected chi connectivity index (χ2v) is 8.12. The Kier molecular flexibility index (Phi) is 4.55. The van der Waals surface area contributed by atoms with Gasteiger partial charge in [0.2, 0.25) is 15.9 Å². The molecule has 1 aliphatic heterocycles. The van der Waals surface area contributed by atoms with Crippen molar-refractivity contribution in [3.63, 3.8) is 0 Å². The summed E-state index contributed by atoms with van der Waals surface area (Å²) >= 11 is 0. The highest BCUT2D eigenvalue weighted by atomic mass is 32.2. The summed E-state index contributed by atoms with van der Waals surface area (Å²) in [6.07, 6.45) is 2.58. The second-order valence-electron chi connectivity index (χ2n) is 6.30. The highest BCUT2D eigenvalue weighted by Gasteiger charge is 2.42. The Labute approximate surface area is 137 Å². The van der Waals surface area contributed by atoms with Gasteiger partial charge in [0.05, 0.1) is 0 Å². The molecule has 0 spiro atoms. The van der Waals surface area contributed by atoms with Crippen LogP contribution in [-0.2, 0) is 14.8 Å². The average Bonchev–Trinajstić information content (AvgIpc) is 3.30. The van der Waals surface area contributed by atoms with Crippen molar-refractivity contribution in [1.29, 1.82) is 0 Å². The normalized spacial score (nSPS) is 25.7. The van der Waals surface area contributed by atoms with Gasteiger partial charge in [-0.3, -0.25) is 4.79 Å². The van der Waals surface area contributed by atoms with E-state index >= 15 is 0 Å². The Hall–Kier alpha value is -1.66. The Morgan fingerprint density at radius 2 is 1.74 bits per heavy atom. The highest BCUT2D eigenvalue weighted by molar-refractivity contribution is 7.92. The first-order chi connectivity index (χ1) is 11.0. The Balaban J connectivity index is 1.58. The predicted octanol–water partition coefficient (Wildman–Crippen LogP) is 1.79. The van der Waals surface area contributed by atoms with Gasteiger partial charge in [0.1, 0.15) is 0 Å². The van der Waals surface area contributed by atoms with Gasteiger partial charge >= 0.3 is 0 Å². The number of hydrogen-bond donors (Lipinski definition) is 0. The van der Waals surface area contributed by atoms with Crippen LogP contribution in [0.15, 0.2) is 35.7 Å². The van der Waals surface area contributed by atoms with E-state index in [2.05, 4.69) is 6.92 Å². The first kappa shape index (κ1) is 16.2. The molecule has 0 aromatic heterocycles. The lowest BCUT2D eigenvalue weighted by atomic mass is 10.2. The summed E-state index contributed by atoms with van der Waals surface area (Å²) in [6.45, 7) is 3.79. The molecule has 5 nitrogen and oxygen atoms in total. The van der Waals surface area contributed by atoms with Gasteiger partial charge in [0.15, 0.2) is 0 Å². The Bertz CT molecular complexity index is 692. The minimum Gasteiger partial charge on any atom is -0.340 e. The van der Waals surface area contributed by atoms with E-state index in [1.54, 1.807) is 11.0 Å². The number of benzene rings is 1. The maximum atomic E-state index is 12.4. The van der Waals surface area contributed by atoms with Crippen molar-refractivity contribution in [1.82, 2.24) is 9.21 Å². The molecule has 1 amide bonds. The van der Waals surface area contributed by atoms with Crippen LogP contribution in [0.1, 0.15) is 18.9 Å². The van der Waals surface area contributed by atoms with Gasteiger partial charge in [0.25, 0.3) is 0 Å². The molecule has 1 aliphatic carbocycles. The van der Waals surface area contributed by atoms with Crippen molar-refractivity contribution in [2.45, 2.75) is 13.3 Å². The first-order valence-corrected chi connectivity index (χ1v) is 9.50. The lowest BCUT2D eigenvalue weighted by Crippen LogP contribution is -2.50. The minimum absolute atomic E-state index is 0.163. The summed E-state index contributed by atoms with van der Waals surface area (Å²) in [5, 5.41) is 1.25. The molecule has 1 saturated heterocycles. The molecule has 2 fully saturated rings. The van der Waals surface area contributed by atoms with Gasteiger partial charge in [-0.15, -0.1) is 0 Å². The molecule has 0 radical (unpaired) electrons. The summed E-state index contributed by atoms with van der Waals surface area (Å²) in [5.41, 5.74) is 0.854. The van der Waals surface area contributed by atoms with E-state index in [4.69, 9.17) is 0 Å². The molecule has 0 N–H and O–H groups in total. The van der Waals surface area contributed by atoms with Crippen molar-refractivity contribution < 1.29 is 13.2 Å². The van der Waals surface area contributed by atoms with E-state index in [1.165, 1.54) is 9.71 Å². The van der Waals surface area contributed by atoms with Crippen molar-refractivity contribution in [3.05, 3.63) is 41.3 Å². The van der Waals surface area contributed by atoms with Crippen molar-refractivity contribution in [3.8, 4) is 0 Å². The molecule has 23 heavy (non-hydrogen) atoms. The standard InChI is InChI=1S/C17H22N2O3S/c1-14-13-16(14)17(20)18-8-10-19(11-9-18)23(21,22)12-7-15-5-3-2-4-6-15/h2-7,12,14,16H,8-11,13H2,1H3/b12-7+/t14-,16-/m0/s1. The van der Waals surface area contributed by atoms with E-state index in [0.29, 0.717) is 32.1 Å². The molecule has 6 heteroatoms. The monoisotopic (exact) mass is 334 g/mol. The third-order valence-electron chi connectivity index (χ3n) is 4.57. The fraction of sp³-hybridized carbons (Fsp3) is 0.471. The number of carbonyl (C=O) groups is 1. The van der Waals surface area contributed by atoms with Crippen LogP contribution >= 0.6 is 0 Å². The average molecular weight is 334 g/mol. The minimum atomic E-state index is -3.43. The van der Waals surface area contributed by atoms with Crippen LogP contribution in [0.25, 0.3) is 6.08 Å². The van der Waals surface area contributed by atoms with E-state index in [0.717, 1.165) is 12.0 Å². The smallest absolute Gasteiger partial charge is 0.236 e.